The summed E-state index contributed by atoms with van der Waals surface area (Å²) in [5.74, 6) is 0.511. The van der Waals surface area contributed by atoms with Crippen molar-refractivity contribution < 1.29 is 13.2 Å². The first kappa shape index (κ1) is 16.4. The first-order valence-corrected chi connectivity index (χ1v) is 9.58. The Labute approximate surface area is 130 Å². The molecule has 1 aliphatic rings. The van der Waals surface area contributed by atoms with Crippen molar-refractivity contribution in [2.45, 2.75) is 44.6 Å². The van der Waals surface area contributed by atoms with Crippen LogP contribution in [0, 0.1) is 5.92 Å². The minimum absolute atomic E-state index is 0.0162. The van der Waals surface area contributed by atoms with Gasteiger partial charge in [-0.25, -0.2) is 8.42 Å². The van der Waals surface area contributed by atoms with Crippen molar-refractivity contribution in [1.82, 2.24) is 9.47 Å². The molecule has 0 aromatic carbocycles. The van der Waals surface area contributed by atoms with Crippen LogP contribution in [0.5, 0.6) is 0 Å². The van der Waals surface area contributed by atoms with E-state index in [1.54, 1.807) is 4.57 Å². The molecule has 118 valence electrons. The topological polar surface area (TPSA) is 59.4 Å². The predicted octanol–water partition coefficient (Wildman–Crippen LogP) is 2.70. The van der Waals surface area contributed by atoms with E-state index < -0.39 is 9.05 Å². The van der Waals surface area contributed by atoms with E-state index in [1.165, 1.54) is 12.3 Å². The number of likely N-dealkylation sites (tertiary alicyclic amines) is 1. The standard InChI is InChI=1S/C14H21ClN2O3S/c1-3-16-10-12(21(15,19)20)9-13(16)14(18)17-7-4-5-11(2)6-8-17/h9-11H,3-8H2,1-2H3. The highest BCUT2D eigenvalue weighted by molar-refractivity contribution is 8.13. The van der Waals surface area contributed by atoms with E-state index in [0.29, 0.717) is 18.2 Å². The van der Waals surface area contributed by atoms with Crippen LogP contribution < -0.4 is 0 Å². The molecule has 5 nitrogen and oxygen atoms in total. The van der Waals surface area contributed by atoms with Gasteiger partial charge in [-0.2, -0.15) is 0 Å². The molecule has 1 fully saturated rings. The first-order chi connectivity index (χ1) is 9.82. The van der Waals surface area contributed by atoms with Crippen LogP contribution in [0.15, 0.2) is 17.2 Å². The summed E-state index contributed by atoms with van der Waals surface area (Å²) in [7, 11) is 1.56. The molecule has 2 heterocycles. The Balaban J connectivity index is 2.28. The monoisotopic (exact) mass is 332 g/mol. The zero-order valence-corrected chi connectivity index (χ0v) is 14.0. The summed E-state index contributed by atoms with van der Waals surface area (Å²) in [4.78, 5) is 14.4. The van der Waals surface area contributed by atoms with Gasteiger partial charge in [0.15, 0.2) is 0 Å². The van der Waals surface area contributed by atoms with Crippen LogP contribution in [0.1, 0.15) is 43.6 Å². The van der Waals surface area contributed by atoms with Crippen LogP contribution in [-0.2, 0) is 15.6 Å². The molecule has 0 saturated carbocycles. The van der Waals surface area contributed by atoms with E-state index >= 15 is 0 Å². The van der Waals surface area contributed by atoms with Crippen LogP contribution >= 0.6 is 10.7 Å². The maximum absolute atomic E-state index is 12.6. The number of amides is 1. The van der Waals surface area contributed by atoms with Crippen LogP contribution in [0.2, 0.25) is 0 Å². The van der Waals surface area contributed by atoms with Gasteiger partial charge >= 0.3 is 0 Å². The minimum Gasteiger partial charge on any atom is -0.342 e. The molecule has 21 heavy (non-hydrogen) atoms. The maximum Gasteiger partial charge on any atom is 0.270 e. The molecule has 1 saturated heterocycles. The third kappa shape index (κ3) is 3.80. The molecular weight excluding hydrogens is 312 g/mol. The molecule has 2 rings (SSSR count). The van der Waals surface area contributed by atoms with E-state index in [-0.39, 0.29) is 10.8 Å². The fraction of sp³-hybridized carbons (Fsp3) is 0.643. The Hall–Kier alpha value is -1.01. The summed E-state index contributed by atoms with van der Waals surface area (Å²) < 4.78 is 24.5. The van der Waals surface area contributed by atoms with Crippen molar-refractivity contribution in [3.05, 3.63) is 18.0 Å². The van der Waals surface area contributed by atoms with Crippen LogP contribution in [0.4, 0.5) is 0 Å². The molecule has 0 aliphatic carbocycles. The second-order valence-electron chi connectivity index (χ2n) is 5.61. The van der Waals surface area contributed by atoms with Gasteiger partial charge in [-0.3, -0.25) is 4.79 Å². The highest BCUT2D eigenvalue weighted by atomic mass is 35.7. The summed E-state index contributed by atoms with van der Waals surface area (Å²) in [6.07, 6.45) is 4.52. The highest BCUT2D eigenvalue weighted by Crippen LogP contribution is 2.22. The Morgan fingerprint density at radius 1 is 1.38 bits per heavy atom. The predicted molar refractivity (Wildman–Crippen MR) is 82.1 cm³/mol. The zero-order valence-electron chi connectivity index (χ0n) is 12.4. The zero-order chi connectivity index (χ0) is 15.6. The van der Waals surface area contributed by atoms with Gasteiger partial charge in [0, 0.05) is 36.5 Å². The molecule has 1 aromatic heterocycles. The summed E-state index contributed by atoms with van der Waals surface area (Å²) in [6.45, 7) is 6.03. The third-order valence-corrected chi connectivity index (χ3v) is 5.34. The van der Waals surface area contributed by atoms with E-state index in [0.717, 1.165) is 32.4 Å². The number of carbonyl (C=O) groups is 1. The van der Waals surface area contributed by atoms with Crippen molar-refractivity contribution in [3.63, 3.8) is 0 Å². The third-order valence-electron chi connectivity index (χ3n) is 4.02. The molecule has 1 aliphatic heterocycles. The van der Waals surface area contributed by atoms with Crippen molar-refractivity contribution in [1.29, 1.82) is 0 Å². The normalized spacial score (nSPS) is 20.3. The molecule has 1 amide bonds. The number of carbonyl (C=O) groups excluding carboxylic acids is 1. The number of nitrogens with zero attached hydrogens (tertiary/aromatic N) is 2. The summed E-state index contributed by atoms with van der Waals surface area (Å²) in [6, 6.07) is 1.38. The number of aromatic nitrogens is 1. The maximum atomic E-state index is 12.6. The molecule has 0 N–H and O–H groups in total. The number of hydrogen-bond donors (Lipinski definition) is 0. The average molecular weight is 333 g/mol. The molecule has 7 heteroatoms. The number of rotatable bonds is 3. The van der Waals surface area contributed by atoms with E-state index in [1.807, 2.05) is 11.8 Å². The number of hydrogen-bond acceptors (Lipinski definition) is 3. The Kier molecular flexibility index (Phi) is 4.99. The van der Waals surface area contributed by atoms with Gasteiger partial charge in [0.2, 0.25) is 0 Å². The van der Waals surface area contributed by atoms with Gasteiger partial charge in [-0.05, 0) is 38.2 Å². The lowest BCUT2D eigenvalue weighted by Gasteiger charge is -2.21. The molecule has 1 aromatic rings. The molecule has 0 bridgehead atoms. The molecule has 1 atom stereocenters. The van der Waals surface area contributed by atoms with E-state index in [4.69, 9.17) is 10.7 Å². The Morgan fingerprint density at radius 2 is 2.10 bits per heavy atom. The fourth-order valence-corrected chi connectivity index (χ4v) is 3.44. The summed E-state index contributed by atoms with van der Waals surface area (Å²) >= 11 is 0. The highest BCUT2D eigenvalue weighted by Gasteiger charge is 2.24. The summed E-state index contributed by atoms with van der Waals surface area (Å²) in [5, 5.41) is 0. The number of halogens is 1. The minimum atomic E-state index is -3.81. The fourth-order valence-electron chi connectivity index (χ4n) is 2.69. The van der Waals surface area contributed by atoms with Crippen molar-refractivity contribution in [2.24, 2.45) is 5.92 Å². The first-order valence-electron chi connectivity index (χ1n) is 7.27. The second-order valence-corrected chi connectivity index (χ2v) is 8.18. The van der Waals surface area contributed by atoms with E-state index in [9.17, 15) is 13.2 Å². The van der Waals surface area contributed by atoms with Gasteiger partial charge in [-0.15, -0.1) is 0 Å². The molecular formula is C14H21ClN2O3S. The van der Waals surface area contributed by atoms with Gasteiger partial charge in [0.05, 0.1) is 0 Å². The lowest BCUT2D eigenvalue weighted by molar-refractivity contribution is 0.0749. The van der Waals surface area contributed by atoms with Crippen molar-refractivity contribution in [3.8, 4) is 0 Å². The van der Waals surface area contributed by atoms with Crippen LogP contribution in [0.3, 0.4) is 0 Å². The molecule has 0 radical (unpaired) electrons. The van der Waals surface area contributed by atoms with Crippen LogP contribution in [0.25, 0.3) is 0 Å². The smallest absolute Gasteiger partial charge is 0.270 e. The SMILES string of the molecule is CCn1cc(S(=O)(=O)Cl)cc1C(=O)N1CCCC(C)CC1. The van der Waals surface area contributed by atoms with Gasteiger partial charge < -0.3 is 9.47 Å². The van der Waals surface area contributed by atoms with Gasteiger partial charge in [0.25, 0.3) is 15.0 Å². The van der Waals surface area contributed by atoms with Gasteiger partial charge in [0.1, 0.15) is 10.6 Å². The van der Waals surface area contributed by atoms with Gasteiger partial charge in [-0.1, -0.05) is 6.92 Å². The Morgan fingerprint density at radius 3 is 2.71 bits per heavy atom. The largest absolute Gasteiger partial charge is 0.342 e. The van der Waals surface area contributed by atoms with E-state index in [2.05, 4.69) is 6.92 Å². The Bertz CT molecular complexity index is 624. The lowest BCUT2D eigenvalue weighted by atomic mass is 10.0. The average Bonchev–Trinajstić information content (AvgIpc) is 2.75. The summed E-state index contributed by atoms with van der Waals surface area (Å²) in [5.41, 5.74) is 0.395. The lowest BCUT2D eigenvalue weighted by Crippen LogP contribution is -2.33. The van der Waals surface area contributed by atoms with Crippen molar-refractivity contribution >= 4 is 25.6 Å². The quantitative estimate of drug-likeness (QED) is 0.800. The van der Waals surface area contributed by atoms with Crippen molar-refractivity contribution in [2.75, 3.05) is 13.1 Å². The second kappa shape index (κ2) is 6.40. The molecule has 0 spiro atoms. The number of aryl methyl sites for hydroxylation is 1. The van der Waals surface area contributed by atoms with Crippen LogP contribution in [-0.4, -0.2) is 36.9 Å². The molecule has 1 unspecified atom stereocenters.